The van der Waals surface area contributed by atoms with Gasteiger partial charge in [-0.25, -0.2) is 4.98 Å². The number of carbonyl (C=O) groups excluding carboxylic acids is 2. The molecule has 0 spiro atoms. The van der Waals surface area contributed by atoms with E-state index >= 15 is 0 Å². The van der Waals surface area contributed by atoms with Crippen molar-refractivity contribution < 1.29 is 18.4 Å². The monoisotopic (exact) mass is 412 g/mol. The van der Waals surface area contributed by atoms with E-state index in [0.29, 0.717) is 29.6 Å². The highest BCUT2D eigenvalue weighted by Gasteiger charge is 2.23. The predicted molar refractivity (Wildman–Crippen MR) is 110 cm³/mol. The van der Waals surface area contributed by atoms with Gasteiger partial charge in [-0.2, -0.15) is 8.78 Å². The van der Waals surface area contributed by atoms with Crippen molar-refractivity contribution in [3.63, 3.8) is 0 Å². The molecule has 3 aromatic rings. The summed E-state index contributed by atoms with van der Waals surface area (Å²) in [6.07, 6.45) is 1.38. The number of fused-ring (bicyclic) bond motifs is 1. The Kier molecular flexibility index (Phi) is 5.48. The summed E-state index contributed by atoms with van der Waals surface area (Å²) in [5.74, 6) is -0.393. The van der Waals surface area contributed by atoms with Gasteiger partial charge < -0.3 is 10.2 Å². The maximum absolute atomic E-state index is 13.6. The number of rotatable bonds is 6. The highest BCUT2D eigenvalue weighted by molar-refractivity contribution is 5.97. The van der Waals surface area contributed by atoms with Gasteiger partial charge in [-0.3, -0.25) is 14.2 Å². The van der Waals surface area contributed by atoms with Crippen LogP contribution < -0.4 is 10.2 Å². The zero-order valence-corrected chi connectivity index (χ0v) is 16.5. The molecule has 1 atom stereocenters. The van der Waals surface area contributed by atoms with Gasteiger partial charge in [0.25, 0.3) is 5.91 Å². The zero-order chi connectivity index (χ0) is 21.3. The van der Waals surface area contributed by atoms with Crippen LogP contribution >= 0.6 is 0 Å². The predicted octanol–water partition coefficient (Wildman–Crippen LogP) is 4.09. The number of hydrogen-bond acceptors (Lipinski definition) is 3. The number of nitrogens with one attached hydrogen (secondary N) is 1. The Labute approximate surface area is 172 Å². The van der Waals surface area contributed by atoms with Crippen molar-refractivity contribution in [3.8, 4) is 0 Å². The third-order valence-corrected chi connectivity index (χ3v) is 5.34. The fourth-order valence-corrected chi connectivity index (χ4v) is 3.77. The standard InChI is InChI=1S/C22H22F2N4O2/c1-14(20-26-17-5-2-3-6-18(17)28(20)22(23)24)13-25-21(30)15-8-10-16(11-9-15)27-12-4-7-19(27)29/h2-3,5-6,8-11,14,22H,4,7,12-13H2,1H3,(H,25,30)/t14-/m1/s1. The second-order valence-electron chi connectivity index (χ2n) is 7.41. The number of carbonyl (C=O) groups is 2. The lowest BCUT2D eigenvalue weighted by Gasteiger charge is -2.17. The molecule has 156 valence electrons. The highest BCUT2D eigenvalue weighted by atomic mass is 19.3. The van der Waals surface area contributed by atoms with Crippen LogP contribution in [0.25, 0.3) is 11.0 Å². The number of halogens is 2. The highest BCUT2D eigenvalue weighted by Crippen LogP contribution is 2.27. The van der Waals surface area contributed by atoms with Crippen LogP contribution in [0, 0.1) is 0 Å². The van der Waals surface area contributed by atoms with Crippen LogP contribution in [0.4, 0.5) is 14.5 Å². The first-order valence-corrected chi connectivity index (χ1v) is 9.89. The van der Waals surface area contributed by atoms with Crippen LogP contribution in [0.2, 0.25) is 0 Å². The molecule has 1 aliphatic heterocycles. The summed E-state index contributed by atoms with van der Waals surface area (Å²) in [6, 6.07) is 13.6. The lowest BCUT2D eigenvalue weighted by atomic mass is 10.1. The van der Waals surface area contributed by atoms with Crippen LogP contribution in [0.3, 0.4) is 0 Å². The molecule has 1 aromatic heterocycles. The lowest BCUT2D eigenvalue weighted by Crippen LogP contribution is -2.29. The number of nitrogens with zero attached hydrogens (tertiary/aromatic N) is 3. The van der Waals surface area contributed by atoms with Crippen molar-refractivity contribution in [2.24, 2.45) is 0 Å². The van der Waals surface area contributed by atoms with E-state index in [9.17, 15) is 18.4 Å². The molecule has 8 heteroatoms. The van der Waals surface area contributed by atoms with Gasteiger partial charge in [-0.05, 0) is 42.8 Å². The zero-order valence-electron chi connectivity index (χ0n) is 16.5. The summed E-state index contributed by atoms with van der Waals surface area (Å²) in [5.41, 5.74) is 2.08. The summed E-state index contributed by atoms with van der Waals surface area (Å²) in [4.78, 5) is 30.4. The maximum Gasteiger partial charge on any atom is 0.320 e. The van der Waals surface area contributed by atoms with Crippen LogP contribution in [-0.4, -0.2) is 34.5 Å². The normalized spacial score (nSPS) is 15.2. The Balaban J connectivity index is 1.44. The van der Waals surface area contributed by atoms with Gasteiger partial charge in [0, 0.05) is 36.7 Å². The Hall–Kier alpha value is -3.29. The number of hydrogen-bond donors (Lipinski definition) is 1. The molecule has 4 rings (SSSR count). The average molecular weight is 412 g/mol. The first-order chi connectivity index (χ1) is 14.5. The Morgan fingerprint density at radius 1 is 1.17 bits per heavy atom. The average Bonchev–Trinajstić information content (AvgIpc) is 3.35. The molecule has 0 unspecified atom stereocenters. The summed E-state index contributed by atoms with van der Waals surface area (Å²) >= 11 is 0. The van der Waals surface area contributed by atoms with E-state index in [0.717, 1.165) is 16.7 Å². The number of imidazole rings is 1. The van der Waals surface area contributed by atoms with Crippen molar-refractivity contribution >= 4 is 28.5 Å². The third-order valence-electron chi connectivity index (χ3n) is 5.34. The molecule has 1 saturated heterocycles. The fraction of sp³-hybridized carbons (Fsp3) is 0.318. The molecule has 0 radical (unpaired) electrons. The molecule has 1 aliphatic rings. The van der Waals surface area contributed by atoms with E-state index in [1.54, 1.807) is 60.4 Å². The Bertz CT molecular complexity index is 1080. The topological polar surface area (TPSA) is 67.2 Å². The molecule has 0 aliphatic carbocycles. The van der Waals surface area contributed by atoms with Gasteiger partial charge >= 0.3 is 6.55 Å². The molecule has 2 aromatic carbocycles. The lowest BCUT2D eigenvalue weighted by molar-refractivity contribution is -0.117. The number of anilines is 1. The van der Waals surface area contributed by atoms with Gasteiger partial charge in [0.05, 0.1) is 11.0 Å². The van der Waals surface area contributed by atoms with Crippen LogP contribution in [0.5, 0.6) is 0 Å². The molecule has 30 heavy (non-hydrogen) atoms. The molecule has 2 amide bonds. The van der Waals surface area contributed by atoms with Crippen molar-refractivity contribution in [1.82, 2.24) is 14.9 Å². The van der Waals surface area contributed by atoms with Gasteiger partial charge in [0.15, 0.2) is 0 Å². The Morgan fingerprint density at radius 3 is 2.57 bits per heavy atom. The molecular formula is C22H22F2N4O2. The third kappa shape index (κ3) is 3.77. The SMILES string of the molecule is C[C@H](CNC(=O)c1ccc(N2CCCC2=O)cc1)c1nc2ccccc2n1C(F)F. The molecule has 1 N–H and O–H groups in total. The molecule has 6 nitrogen and oxygen atoms in total. The van der Waals surface area contributed by atoms with Crippen LogP contribution in [-0.2, 0) is 4.79 Å². The molecule has 2 heterocycles. The first kappa shape index (κ1) is 20.0. The molecule has 1 fully saturated rings. The fourth-order valence-electron chi connectivity index (χ4n) is 3.77. The molecule has 0 bridgehead atoms. The number of alkyl halides is 2. The number of amides is 2. The second kappa shape index (κ2) is 8.22. The van der Waals surface area contributed by atoms with Crippen molar-refractivity contribution in [3.05, 3.63) is 59.9 Å². The van der Waals surface area contributed by atoms with E-state index in [2.05, 4.69) is 10.3 Å². The number of benzene rings is 2. The summed E-state index contributed by atoms with van der Waals surface area (Å²) in [6.45, 7) is -0.108. The quantitative estimate of drug-likeness (QED) is 0.663. The van der Waals surface area contributed by atoms with E-state index in [1.807, 2.05) is 0 Å². The first-order valence-electron chi connectivity index (χ1n) is 9.89. The van der Waals surface area contributed by atoms with Gasteiger partial charge in [0.1, 0.15) is 5.82 Å². The van der Waals surface area contributed by atoms with E-state index < -0.39 is 12.5 Å². The second-order valence-corrected chi connectivity index (χ2v) is 7.41. The minimum Gasteiger partial charge on any atom is -0.351 e. The van der Waals surface area contributed by atoms with E-state index in [4.69, 9.17) is 0 Å². The summed E-state index contributed by atoms with van der Waals surface area (Å²) in [7, 11) is 0. The maximum atomic E-state index is 13.6. The van der Waals surface area contributed by atoms with E-state index in [-0.39, 0.29) is 24.2 Å². The Morgan fingerprint density at radius 2 is 1.90 bits per heavy atom. The van der Waals surface area contributed by atoms with E-state index in [1.165, 1.54) is 0 Å². The van der Waals surface area contributed by atoms with Gasteiger partial charge in [-0.1, -0.05) is 19.1 Å². The van der Waals surface area contributed by atoms with Crippen molar-refractivity contribution in [2.45, 2.75) is 32.2 Å². The number of aromatic nitrogens is 2. The minimum atomic E-state index is -2.72. The summed E-state index contributed by atoms with van der Waals surface area (Å²) < 4.78 is 28.1. The van der Waals surface area contributed by atoms with Crippen molar-refractivity contribution in [2.75, 3.05) is 18.0 Å². The van der Waals surface area contributed by atoms with Crippen LogP contribution in [0.1, 0.15) is 48.4 Å². The minimum absolute atomic E-state index is 0.0861. The van der Waals surface area contributed by atoms with Crippen molar-refractivity contribution in [1.29, 1.82) is 0 Å². The molecular weight excluding hydrogens is 390 g/mol. The number of para-hydroxylation sites is 2. The summed E-state index contributed by atoms with van der Waals surface area (Å²) in [5, 5.41) is 2.79. The van der Waals surface area contributed by atoms with Gasteiger partial charge in [0.2, 0.25) is 5.91 Å². The molecule has 0 saturated carbocycles. The van der Waals surface area contributed by atoms with Crippen LogP contribution in [0.15, 0.2) is 48.5 Å². The van der Waals surface area contributed by atoms with Gasteiger partial charge in [-0.15, -0.1) is 0 Å². The smallest absolute Gasteiger partial charge is 0.320 e. The largest absolute Gasteiger partial charge is 0.351 e.